The van der Waals surface area contributed by atoms with E-state index in [2.05, 4.69) is 29.8 Å². The van der Waals surface area contributed by atoms with Gasteiger partial charge in [0.2, 0.25) is 0 Å². The zero-order valence-electron chi connectivity index (χ0n) is 12.0. The van der Waals surface area contributed by atoms with Gasteiger partial charge in [-0.3, -0.25) is 0 Å². The molecule has 0 saturated carbocycles. The van der Waals surface area contributed by atoms with E-state index in [-0.39, 0.29) is 0 Å². The van der Waals surface area contributed by atoms with Crippen LogP contribution in [0, 0.1) is 0 Å². The highest BCUT2D eigenvalue weighted by molar-refractivity contribution is 9.10. The third-order valence-electron chi connectivity index (χ3n) is 3.04. The van der Waals surface area contributed by atoms with Gasteiger partial charge in [-0.1, -0.05) is 50.2 Å². The minimum atomic E-state index is -0.392. The van der Waals surface area contributed by atoms with Gasteiger partial charge in [0.15, 0.2) is 0 Å². The van der Waals surface area contributed by atoms with Crippen LogP contribution in [-0.2, 0) is 4.79 Å². The molecule has 0 aliphatic heterocycles. The second kappa shape index (κ2) is 7.23. The Kier molecular flexibility index (Phi) is 5.34. The molecule has 0 heterocycles. The van der Waals surface area contributed by atoms with Gasteiger partial charge in [0.1, 0.15) is 5.75 Å². The standard InChI is InChI=1S/C18H17BrO2/c1-13(2)15-9-10-17(16(19)12-15)21-18(20)11-8-14-6-4-3-5-7-14/h3-13H,1-2H3/b11-8+. The summed E-state index contributed by atoms with van der Waals surface area (Å²) in [4.78, 5) is 11.8. The zero-order chi connectivity index (χ0) is 15.2. The van der Waals surface area contributed by atoms with Crippen molar-refractivity contribution in [3.8, 4) is 5.75 Å². The molecule has 2 aromatic rings. The summed E-state index contributed by atoms with van der Waals surface area (Å²) >= 11 is 3.44. The summed E-state index contributed by atoms with van der Waals surface area (Å²) in [7, 11) is 0. The average Bonchev–Trinajstić information content (AvgIpc) is 2.48. The average molecular weight is 345 g/mol. The monoisotopic (exact) mass is 344 g/mol. The number of halogens is 1. The highest BCUT2D eigenvalue weighted by Gasteiger charge is 2.08. The number of carbonyl (C=O) groups is 1. The molecule has 0 aliphatic carbocycles. The fraction of sp³-hybridized carbons (Fsp3) is 0.167. The molecule has 2 nitrogen and oxygen atoms in total. The largest absolute Gasteiger partial charge is 0.422 e. The van der Waals surface area contributed by atoms with E-state index >= 15 is 0 Å². The van der Waals surface area contributed by atoms with Crippen LogP contribution in [-0.4, -0.2) is 5.97 Å². The molecular weight excluding hydrogens is 328 g/mol. The van der Waals surface area contributed by atoms with E-state index in [1.165, 1.54) is 11.6 Å². The van der Waals surface area contributed by atoms with Crippen molar-refractivity contribution in [2.45, 2.75) is 19.8 Å². The first-order valence-corrected chi connectivity index (χ1v) is 7.60. The van der Waals surface area contributed by atoms with E-state index in [9.17, 15) is 4.79 Å². The van der Waals surface area contributed by atoms with Crippen molar-refractivity contribution in [2.75, 3.05) is 0 Å². The number of ether oxygens (including phenoxy) is 1. The van der Waals surface area contributed by atoms with Crippen molar-refractivity contribution < 1.29 is 9.53 Å². The van der Waals surface area contributed by atoms with Crippen molar-refractivity contribution in [1.29, 1.82) is 0 Å². The van der Waals surface area contributed by atoms with Crippen LogP contribution in [0.15, 0.2) is 59.1 Å². The lowest BCUT2D eigenvalue weighted by Crippen LogP contribution is -2.04. The van der Waals surface area contributed by atoms with E-state index in [0.717, 1.165) is 10.0 Å². The maximum atomic E-state index is 11.8. The fourth-order valence-corrected chi connectivity index (χ4v) is 2.31. The second-order valence-electron chi connectivity index (χ2n) is 5.01. The Hall–Kier alpha value is -1.87. The molecule has 0 unspecified atom stereocenters. The summed E-state index contributed by atoms with van der Waals surface area (Å²) in [6, 6.07) is 15.4. The molecule has 108 valence electrons. The molecular formula is C18H17BrO2. The first-order valence-electron chi connectivity index (χ1n) is 6.80. The van der Waals surface area contributed by atoms with E-state index < -0.39 is 5.97 Å². The van der Waals surface area contributed by atoms with Crippen LogP contribution >= 0.6 is 15.9 Å². The van der Waals surface area contributed by atoms with E-state index in [4.69, 9.17) is 4.74 Å². The maximum absolute atomic E-state index is 11.8. The van der Waals surface area contributed by atoms with E-state index in [1.54, 1.807) is 6.08 Å². The molecule has 3 heteroatoms. The molecule has 0 aliphatic rings. The number of hydrogen-bond donors (Lipinski definition) is 0. The molecule has 0 fully saturated rings. The van der Waals surface area contributed by atoms with Crippen LogP contribution in [0.2, 0.25) is 0 Å². The molecule has 0 bridgehead atoms. The minimum absolute atomic E-state index is 0.392. The predicted molar refractivity (Wildman–Crippen MR) is 89.3 cm³/mol. The quantitative estimate of drug-likeness (QED) is 0.433. The minimum Gasteiger partial charge on any atom is -0.422 e. The van der Waals surface area contributed by atoms with E-state index in [0.29, 0.717) is 11.7 Å². The summed E-state index contributed by atoms with van der Waals surface area (Å²) in [6.07, 6.45) is 3.16. The van der Waals surface area contributed by atoms with Crippen LogP contribution < -0.4 is 4.74 Å². The van der Waals surface area contributed by atoms with Gasteiger partial charge in [0.05, 0.1) is 4.47 Å². The molecule has 0 N–H and O–H groups in total. The van der Waals surface area contributed by atoms with E-state index in [1.807, 2.05) is 48.5 Å². The lowest BCUT2D eigenvalue weighted by molar-refractivity contribution is -0.128. The van der Waals surface area contributed by atoms with Crippen LogP contribution in [0.5, 0.6) is 5.75 Å². The van der Waals surface area contributed by atoms with Gasteiger partial charge in [-0.15, -0.1) is 0 Å². The molecule has 0 atom stereocenters. The molecule has 2 aromatic carbocycles. The van der Waals surface area contributed by atoms with Gasteiger partial charge in [-0.25, -0.2) is 4.79 Å². The van der Waals surface area contributed by atoms with Crippen LogP contribution in [0.3, 0.4) is 0 Å². The van der Waals surface area contributed by atoms with Crippen LogP contribution in [0.4, 0.5) is 0 Å². The van der Waals surface area contributed by atoms with Gasteiger partial charge in [0.25, 0.3) is 0 Å². The Balaban J connectivity index is 2.05. The smallest absolute Gasteiger partial charge is 0.336 e. The molecule has 0 spiro atoms. The first-order chi connectivity index (χ1) is 10.1. The Morgan fingerprint density at radius 3 is 2.48 bits per heavy atom. The Morgan fingerprint density at radius 2 is 1.86 bits per heavy atom. The van der Waals surface area contributed by atoms with Crippen molar-refractivity contribution in [2.24, 2.45) is 0 Å². The number of carbonyl (C=O) groups excluding carboxylic acids is 1. The zero-order valence-corrected chi connectivity index (χ0v) is 13.6. The van der Waals surface area contributed by atoms with Gasteiger partial charge >= 0.3 is 5.97 Å². The van der Waals surface area contributed by atoms with Gasteiger partial charge in [0, 0.05) is 6.08 Å². The van der Waals surface area contributed by atoms with Crippen molar-refractivity contribution in [3.63, 3.8) is 0 Å². The molecule has 0 amide bonds. The normalized spacial score (nSPS) is 11.0. The topological polar surface area (TPSA) is 26.3 Å². The molecule has 0 aromatic heterocycles. The number of hydrogen-bond acceptors (Lipinski definition) is 2. The highest BCUT2D eigenvalue weighted by atomic mass is 79.9. The maximum Gasteiger partial charge on any atom is 0.336 e. The van der Waals surface area contributed by atoms with Crippen LogP contribution in [0.25, 0.3) is 6.08 Å². The van der Waals surface area contributed by atoms with Crippen LogP contribution in [0.1, 0.15) is 30.9 Å². The highest BCUT2D eigenvalue weighted by Crippen LogP contribution is 2.29. The summed E-state index contributed by atoms with van der Waals surface area (Å²) in [5.41, 5.74) is 2.16. The number of esters is 1. The Bertz CT molecular complexity index is 646. The van der Waals surface area contributed by atoms with Crippen molar-refractivity contribution >= 4 is 28.0 Å². The second-order valence-corrected chi connectivity index (χ2v) is 5.86. The number of rotatable bonds is 4. The predicted octanol–water partition coefficient (Wildman–Crippen LogP) is 5.19. The number of benzene rings is 2. The summed E-state index contributed by atoms with van der Waals surface area (Å²) in [5.74, 6) is 0.572. The fourth-order valence-electron chi connectivity index (χ4n) is 1.83. The lowest BCUT2D eigenvalue weighted by Gasteiger charge is -2.09. The lowest BCUT2D eigenvalue weighted by atomic mass is 10.0. The summed E-state index contributed by atoms with van der Waals surface area (Å²) < 4.78 is 6.12. The Labute approximate surface area is 133 Å². The van der Waals surface area contributed by atoms with Gasteiger partial charge in [-0.2, -0.15) is 0 Å². The third-order valence-corrected chi connectivity index (χ3v) is 3.66. The Morgan fingerprint density at radius 1 is 1.14 bits per heavy atom. The molecule has 0 saturated heterocycles. The summed E-state index contributed by atoms with van der Waals surface area (Å²) in [5, 5.41) is 0. The first kappa shape index (κ1) is 15.5. The van der Waals surface area contributed by atoms with Gasteiger partial charge in [-0.05, 0) is 51.2 Å². The molecule has 21 heavy (non-hydrogen) atoms. The molecule has 2 rings (SSSR count). The summed E-state index contributed by atoms with van der Waals surface area (Å²) in [6.45, 7) is 4.24. The molecule has 0 radical (unpaired) electrons. The third kappa shape index (κ3) is 4.57. The SMILES string of the molecule is CC(C)c1ccc(OC(=O)/C=C/c2ccccc2)c(Br)c1. The van der Waals surface area contributed by atoms with Gasteiger partial charge < -0.3 is 4.74 Å². The van der Waals surface area contributed by atoms with Crippen molar-refractivity contribution in [1.82, 2.24) is 0 Å². The van der Waals surface area contributed by atoms with Crippen molar-refractivity contribution in [3.05, 3.63) is 70.2 Å².